The second kappa shape index (κ2) is 14.8. The van der Waals surface area contributed by atoms with Crippen LogP contribution in [0.5, 0.6) is 0 Å². The van der Waals surface area contributed by atoms with Gasteiger partial charge in [0.05, 0.1) is 0 Å². The van der Waals surface area contributed by atoms with Crippen molar-refractivity contribution in [2.75, 3.05) is 65.4 Å². The Labute approximate surface area is 202 Å². The van der Waals surface area contributed by atoms with Crippen molar-refractivity contribution in [3.05, 3.63) is 0 Å². The predicted molar refractivity (Wildman–Crippen MR) is 134 cm³/mol. The van der Waals surface area contributed by atoms with Gasteiger partial charge in [-0.3, -0.25) is 24.2 Å². The van der Waals surface area contributed by atoms with Crippen LogP contribution in [0.1, 0.15) is 62.3 Å². The molecular formula is C25H50N4O4. The molecule has 2 aliphatic heterocycles. The van der Waals surface area contributed by atoms with Gasteiger partial charge in [-0.15, -0.1) is 0 Å². The van der Waals surface area contributed by atoms with E-state index in [0.717, 1.165) is 65.4 Å². The first-order valence-electron chi connectivity index (χ1n) is 12.1. The number of nitrogens with one attached hydrogen (secondary N) is 2. The number of carbonyl (C=O) groups excluding carboxylic acids is 3. The number of hydrogen-bond acceptors (Lipinski definition) is 8. The number of carbonyl (C=O) groups is 3. The Bertz CT molecular complexity index is 546. The van der Waals surface area contributed by atoms with Crippen LogP contribution < -0.4 is 10.6 Å². The molecule has 2 N–H and O–H groups in total. The minimum Gasteiger partial charge on any atom is -0.462 e. The molecule has 2 rings (SSSR count). The highest BCUT2D eigenvalue weighted by Crippen LogP contribution is 2.19. The molecule has 8 heteroatoms. The number of piperazine rings is 2. The molecular weight excluding hydrogens is 420 g/mol. The van der Waals surface area contributed by atoms with E-state index in [9.17, 15) is 14.4 Å². The summed E-state index contributed by atoms with van der Waals surface area (Å²) in [6.45, 7) is 27.6. The van der Waals surface area contributed by atoms with Gasteiger partial charge < -0.3 is 15.4 Å². The lowest BCUT2D eigenvalue weighted by molar-refractivity contribution is -0.138. The van der Waals surface area contributed by atoms with E-state index in [1.807, 2.05) is 48.5 Å². The van der Waals surface area contributed by atoms with E-state index in [4.69, 9.17) is 0 Å². The lowest BCUT2D eigenvalue weighted by Crippen LogP contribution is -2.48. The lowest BCUT2D eigenvalue weighted by Gasteiger charge is -2.33. The summed E-state index contributed by atoms with van der Waals surface area (Å²) < 4.78 is 4.55. The third-order valence-electron chi connectivity index (χ3n) is 5.96. The number of ketones is 2. The molecule has 2 heterocycles. The van der Waals surface area contributed by atoms with E-state index in [1.165, 1.54) is 0 Å². The number of Topliss-reactive ketones (excluding diaryl/α,β-unsaturated/α-hetero) is 2. The first-order chi connectivity index (χ1) is 15.1. The first-order valence-corrected chi connectivity index (χ1v) is 12.1. The van der Waals surface area contributed by atoms with Crippen molar-refractivity contribution < 1.29 is 19.1 Å². The second-order valence-corrected chi connectivity index (χ2v) is 11.3. The maximum absolute atomic E-state index is 11.3. The van der Waals surface area contributed by atoms with Gasteiger partial charge in [-0.1, -0.05) is 27.7 Å². The predicted octanol–water partition coefficient (Wildman–Crippen LogP) is 1.97. The number of nitrogens with zero attached hydrogens (tertiary/aromatic N) is 2. The molecule has 0 saturated carbocycles. The number of rotatable bonds is 7. The fourth-order valence-electron chi connectivity index (χ4n) is 3.22. The fourth-order valence-corrected chi connectivity index (χ4v) is 3.22. The average molecular weight is 471 g/mol. The van der Waals surface area contributed by atoms with Gasteiger partial charge in [0.25, 0.3) is 6.47 Å². The quantitative estimate of drug-likeness (QED) is 0.546. The van der Waals surface area contributed by atoms with Gasteiger partial charge in [0.1, 0.15) is 17.2 Å². The molecule has 8 nitrogen and oxygen atoms in total. The standard InChI is InChI=1S/2C10H20N2O.C5H10O2/c2*1-9(13)10(2,3)8-12-6-4-11-5-7-12;1-5(2,3)7-4-6/h2*11H,4-8H2,1-3H3;4H,1-3H3. The highest BCUT2D eigenvalue weighted by atomic mass is 16.5. The molecule has 0 atom stereocenters. The summed E-state index contributed by atoms with van der Waals surface area (Å²) in [6, 6.07) is 0. The van der Waals surface area contributed by atoms with Crippen molar-refractivity contribution in [1.29, 1.82) is 0 Å². The second-order valence-electron chi connectivity index (χ2n) is 11.3. The molecule has 2 aliphatic rings. The fraction of sp³-hybridized carbons (Fsp3) is 0.880. The summed E-state index contributed by atoms with van der Waals surface area (Å²) in [5.74, 6) is 0.567. The first kappa shape index (κ1) is 31.6. The molecule has 0 amide bonds. The smallest absolute Gasteiger partial charge is 0.293 e. The van der Waals surface area contributed by atoms with E-state index < -0.39 is 0 Å². The molecule has 0 spiro atoms. The Balaban J connectivity index is 0.000000490. The van der Waals surface area contributed by atoms with E-state index in [1.54, 1.807) is 13.8 Å². The largest absolute Gasteiger partial charge is 0.462 e. The van der Waals surface area contributed by atoms with E-state index >= 15 is 0 Å². The van der Waals surface area contributed by atoms with Gasteiger partial charge in [-0.25, -0.2) is 0 Å². The molecule has 0 aromatic carbocycles. The van der Waals surface area contributed by atoms with Crippen molar-refractivity contribution in [3.63, 3.8) is 0 Å². The van der Waals surface area contributed by atoms with Crippen LogP contribution in [0, 0.1) is 10.8 Å². The Morgan fingerprint density at radius 1 is 0.727 bits per heavy atom. The highest BCUT2D eigenvalue weighted by Gasteiger charge is 2.28. The van der Waals surface area contributed by atoms with Crippen molar-refractivity contribution in [2.45, 2.75) is 67.9 Å². The molecule has 0 radical (unpaired) electrons. The monoisotopic (exact) mass is 470 g/mol. The van der Waals surface area contributed by atoms with Crippen molar-refractivity contribution >= 4 is 18.0 Å². The maximum atomic E-state index is 11.3. The highest BCUT2D eigenvalue weighted by molar-refractivity contribution is 5.82. The van der Waals surface area contributed by atoms with E-state index in [-0.39, 0.29) is 28.0 Å². The normalized spacial score (nSPS) is 18.2. The molecule has 0 unspecified atom stereocenters. The van der Waals surface area contributed by atoms with Gasteiger partial charge in [0.15, 0.2) is 0 Å². The third-order valence-corrected chi connectivity index (χ3v) is 5.96. The van der Waals surface area contributed by atoms with Gasteiger partial charge >= 0.3 is 0 Å². The summed E-state index contributed by atoms with van der Waals surface area (Å²) >= 11 is 0. The molecule has 2 fully saturated rings. The molecule has 33 heavy (non-hydrogen) atoms. The maximum Gasteiger partial charge on any atom is 0.293 e. The zero-order valence-electron chi connectivity index (χ0n) is 22.7. The van der Waals surface area contributed by atoms with Crippen molar-refractivity contribution in [1.82, 2.24) is 20.4 Å². The molecule has 0 bridgehead atoms. The van der Waals surface area contributed by atoms with Crippen molar-refractivity contribution in [2.24, 2.45) is 10.8 Å². The summed E-state index contributed by atoms with van der Waals surface area (Å²) in [4.78, 5) is 36.9. The minimum atomic E-state index is -0.318. The van der Waals surface area contributed by atoms with Crippen LogP contribution in [0.15, 0.2) is 0 Å². The van der Waals surface area contributed by atoms with E-state index in [0.29, 0.717) is 6.47 Å². The van der Waals surface area contributed by atoms with Crippen LogP contribution in [0.3, 0.4) is 0 Å². The molecule has 0 aliphatic carbocycles. The zero-order valence-corrected chi connectivity index (χ0v) is 22.7. The number of hydrogen-bond donors (Lipinski definition) is 2. The minimum absolute atomic E-state index is 0.183. The Kier molecular flexibility index (Phi) is 14.2. The van der Waals surface area contributed by atoms with Crippen LogP contribution in [-0.4, -0.2) is 98.9 Å². The Morgan fingerprint density at radius 3 is 1.21 bits per heavy atom. The van der Waals surface area contributed by atoms with Crippen LogP contribution >= 0.6 is 0 Å². The molecule has 0 aromatic heterocycles. The lowest BCUT2D eigenvalue weighted by atomic mass is 9.88. The third kappa shape index (κ3) is 15.2. The Morgan fingerprint density at radius 2 is 1.03 bits per heavy atom. The van der Waals surface area contributed by atoms with Crippen LogP contribution in [-0.2, 0) is 19.1 Å². The van der Waals surface area contributed by atoms with E-state index in [2.05, 4.69) is 25.2 Å². The molecule has 194 valence electrons. The van der Waals surface area contributed by atoms with Gasteiger partial charge in [-0.05, 0) is 34.6 Å². The van der Waals surface area contributed by atoms with Crippen LogP contribution in [0.25, 0.3) is 0 Å². The molecule has 2 saturated heterocycles. The SMILES string of the molecule is CC(=O)C(C)(C)CN1CCNCC1.CC(=O)C(C)(C)CN1CCNCC1.CC(C)(C)OC=O. The van der Waals surface area contributed by atoms with Gasteiger partial charge in [0, 0.05) is 76.3 Å². The zero-order chi connectivity index (χ0) is 25.7. The molecule has 0 aromatic rings. The summed E-state index contributed by atoms with van der Waals surface area (Å²) in [5, 5.41) is 6.61. The van der Waals surface area contributed by atoms with Crippen LogP contribution in [0.4, 0.5) is 0 Å². The van der Waals surface area contributed by atoms with Crippen LogP contribution in [0.2, 0.25) is 0 Å². The topological polar surface area (TPSA) is 91.0 Å². The van der Waals surface area contributed by atoms with Crippen molar-refractivity contribution in [3.8, 4) is 0 Å². The summed E-state index contributed by atoms with van der Waals surface area (Å²) in [7, 11) is 0. The summed E-state index contributed by atoms with van der Waals surface area (Å²) in [5.41, 5.74) is -0.684. The number of ether oxygens (including phenoxy) is 1. The summed E-state index contributed by atoms with van der Waals surface area (Å²) in [6.07, 6.45) is 0. The van der Waals surface area contributed by atoms with Gasteiger partial charge in [-0.2, -0.15) is 0 Å². The van der Waals surface area contributed by atoms with Gasteiger partial charge in [0.2, 0.25) is 0 Å². The average Bonchev–Trinajstić information content (AvgIpc) is 2.69. The Hall–Kier alpha value is -1.35.